The van der Waals surface area contributed by atoms with E-state index in [4.69, 9.17) is 0 Å². The van der Waals surface area contributed by atoms with E-state index in [0.29, 0.717) is 22.6 Å². The maximum atomic E-state index is 11.8. The number of pyridine rings is 1. The summed E-state index contributed by atoms with van der Waals surface area (Å²) in [6.45, 7) is 4.48. The van der Waals surface area contributed by atoms with Gasteiger partial charge in [-0.3, -0.25) is 19.9 Å². The largest absolute Gasteiger partial charge is 0.339 e. The second kappa shape index (κ2) is 9.29. The number of carbonyl (C=O) groups is 2. The lowest BCUT2D eigenvalue weighted by Gasteiger charge is -2.33. The number of fused-ring (bicyclic) bond motifs is 1. The number of nitrogens with one attached hydrogen (secondary N) is 2. The topological polar surface area (TPSA) is 100 Å². The van der Waals surface area contributed by atoms with E-state index in [1.165, 1.54) is 10.9 Å². The molecule has 4 heterocycles. The van der Waals surface area contributed by atoms with Crippen LogP contribution in [-0.4, -0.2) is 45.2 Å². The first kappa shape index (κ1) is 21.5. The molecule has 2 aliphatic rings. The standard InChI is InChI=1S/C24H24N6O2S/c1-15-11-16(19-6-2-3-7-20(19)27-15)13-26-18-5-4-10-30(14-18)23-25-9-8-17(28-23)12-21-22(31)29-24(32)33-21/h2-3,6-9,11-12,18,26H,4-5,10,13-14H2,1H3,(H,29,31,32)/t18-/m0/s1. The van der Waals surface area contributed by atoms with Gasteiger partial charge >= 0.3 is 0 Å². The van der Waals surface area contributed by atoms with E-state index < -0.39 is 0 Å². The summed E-state index contributed by atoms with van der Waals surface area (Å²) in [5.74, 6) is 0.252. The smallest absolute Gasteiger partial charge is 0.290 e. The number of piperidine rings is 1. The zero-order valence-corrected chi connectivity index (χ0v) is 19.1. The van der Waals surface area contributed by atoms with E-state index in [1.807, 2.05) is 13.0 Å². The summed E-state index contributed by atoms with van der Waals surface area (Å²) in [6, 6.07) is 12.4. The quantitative estimate of drug-likeness (QED) is 0.559. The van der Waals surface area contributed by atoms with E-state index in [9.17, 15) is 9.59 Å². The number of carbonyl (C=O) groups excluding carboxylic acids is 2. The van der Waals surface area contributed by atoms with Crippen LogP contribution in [0.15, 0.2) is 47.5 Å². The Morgan fingerprint density at radius 2 is 2.12 bits per heavy atom. The molecule has 2 N–H and O–H groups in total. The van der Waals surface area contributed by atoms with Gasteiger partial charge in [0.1, 0.15) is 0 Å². The number of amides is 2. The van der Waals surface area contributed by atoms with E-state index >= 15 is 0 Å². The average Bonchev–Trinajstić information content (AvgIpc) is 3.14. The summed E-state index contributed by atoms with van der Waals surface area (Å²) in [5, 5.41) is 6.80. The molecular formula is C24H24N6O2S. The van der Waals surface area contributed by atoms with Gasteiger partial charge in [-0.1, -0.05) is 18.2 Å². The lowest BCUT2D eigenvalue weighted by molar-refractivity contribution is -0.115. The monoisotopic (exact) mass is 460 g/mol. The fourth-order valence-corrected chi connectivity index (χ4v) is 4.94. The van der Waals surface area contributed by atoms with Crippen molar-refractivity contribution in [2.45, 2.75) is 32.4 Å². The van der Waals surface area contributed by atoms with Crippen molar-refractivity contribution in [1.82, 2.24) is 25.6 Å². The number of imide groups is 1. The van der Waals surface area contributed by atoms with E-state index in [0.717, 1.165) is 55.4 Å². The third kappa shape index (κ3) is 4.89. The van der Waals surface area contributed by atoms with Gasteiger partial charge in [0.25, 0.3) is 11.1 Å². The average molecular weight is 461 g/mol. The molecule has 2 aromatic heterocycles. The van der Waals surface area contributed by atoms with Gasteiger partial charge in [-0.2, -0.15) is 0 Å². The summed E-state index contributed by atoms with van der Waals surface area (Å²) in [7, 11) is 0. The van der Waals surface area contributed by atoms with Crippen LogP contribution in [0.25, 0.3) is 17.0 Å². The van der Waals surface area contributed by atoms with Gasteiger partial charge in [0.2, 0.25) is 5.95 Å². The minimum atomic E-state index is -0.383. The summed E-state index contributed by atoms with van der Waals surface area (Å²) in [5.41, 5.74) is 3.91. The van der Waals surface area contributed by atoms with Crippen LogP contribution < -0.4 is 15.5 Å². The molecule has 2 amide bonds. The first-order valence-corrected chi connectivity index (χ1v) is 11.8. The SMILES string of the molecule is Cc1cc(CN[C@H]2CCCN(c3nccc(C=C4SC(=O)NC4=O)n3)C2)c2ccccc2n1. The van der Waals surface area contributed by atoms with Crippen molar-refractivity contribution in [3.63, 3.8) is 0 Å². The molecule has 0 spiro atoms. The number of aromatic nitrogens is 3. The molecule has 0 radical (unpaired) electrons. The van der Waals surface area contributed by atoms with Crippen LogP contribution in [0.5, 0.6) is 0 Å². The maximum absolute atomic E-state index is 11.8. The number of rotatable bonds is 5. The second-order valence-electron chi connectivity index (χ2n) is 8.24. The molecule has 0 saturated carbocycles. The Labute approximate surface area is 195 Å². The Hall–Kier alpha value is -3.30. The first-order chi connectivity index (χ1) is 16.0. The number of hydrogen-bond donors (Lipinski definition) is 2. The molecule has 2 saturated heterocycles. The van der Waals surface area contributed by atoms with Gasteiger partial charge in [-0.15, -0.1) is 0 Å². The number of anilines is 1. The predicted molar refractivity (Wildman–Crippen MR) is 130 cm³/mol. The fraction of sp³-hybridized carbons (Fsp3) is 0.292. The van der Waals surface area contributed by atoms with Crippen LogP contribution in [-0.2, 0) is 11.3 Å². The third-order valence-electron chi connectivity index (χ3n) is 5.80. The fourth-order valence-electron chi connectivity index (χ4n) is 4.27. The predicted octanol–water partition coefficient (Wildman–Crippen LogP) is 3.42. The molecular weight excluding hydrogens is 436 g/mol. The van der Waals surface area contributed by atoms with Gasteiger partial charge in [0, 0.05) is 43.0 Å². The molecule has 2 aliphatic heterocycles. The van der Waals surface area contributed by atoms with Gasteiger partial charge in [-0.25, -0.2) is 9.97 Å². The highest BCUT2D eigenvalue weighted by molar-refractivity contribution is 8.18. The molecule has 3 aromatic rings. The van der Waals surface area contributed by atoms with E-state index in [-0.39, 0.29) is 11.1 Å². The van der Waals surface area contributed by atoms with Crippen molar-refractivity contribution < 1.29 is 9.59 Å². The zero-order valence-electron chi connectivity index (χ0n) is 18.2. The summed E-state index contributed by atoms with van der Waals surface area (Å²) in [4.78, 5) is 39.5. The van der Waals surface area contributed by atoms with E-state index in [1.54, 1.807) is 18.3 Å². The molecule has 0 unspecified atom stereocenters. The van der Waals surface area contributed by atoms with Crippen molar-refractivity contribution in [3.05, 3.63) is 64.5 Å². The Bertz CT molecular complexity index is 1260. The van der Waals surface area contributed by atoms with Crippen molar-refractivity contribution in [3.8, 4) is 0 Å². The van der Waals surface area contributed by atoms with Crippen molar-refractivity contribution in [2.24, 2.45) is 0 Å². The number of benzene rings is 1. The normalized spacial score (nSPS) is 20.0. The number of thioether (sulfide) groups is 1. The van der Waals surface area contributed by atoms with Crippen LogP contribution in [0.3, 0.4) is 0 Å². The Morgan fingerprint density at radius 3 is 2.97 bits per heavy atom. The molecule has 1 aromatic carbocycles. The molecule has 0 aliphatic carbocycles. The van der Waals surface area contributed by atoms with Crippen LogP contribution in [0.2, 0.25) is 0 Å². The van der Waals surface area contributed by atoms with Gasteiger partial charge < -0.3 is 10.2 Å². The highest BCUT2D eigenvalue weighted by Crippen LogP contribution is 2.26. The van der Waals surface area contributed by atoms with Crippen molar-refractivity contribution >= 4 is 45.8 Å². The Balaban J connectivity index is 1.28. The summed E-state index contributed by atoms with van der Waals surface area (Å²) < 4.78 is 0. The molecule has 2 fully saturated rings. The van der Waals surface area contributed by atoms with Crippen molar-refractivity contribution in [1.29, 1.82) is 0 Å². The van der Waals surface area contributed by atoms with Crippen LogP contribution in [0, 0.1) is 6.92 Å². The lowest BCUT2D eigenvalue weighted by Crippen LogP contribution is -2.46. The van der Waals surface area contributed by atoms with Gasteiger partial charge in [0.15, 0.2) is 0 Å². The molecule has 0 bridgehead atoms. The summed E-state index contributed by atoms with van der Waals surface area (Å²) in [6.07, 6.45) is 5.44. The van der Waals surface area contributed by atoms with E-state index in [2.05, 4.69) is 54.8 Å². The first-order valence-electron chi connectivity index (χ1n) is 11.0. The third-order valence-corrected chi connectivity index (χ3v) is 6.61. The minimum Gasteiger partial charge on any atom is -0.339 e. The zero-order chi connectivity index (χ0) is 22.8. The lowest BCUT2D eigenvalue weighted by atomic mass is 10.0. The molecule has 9 heteroatoms. The number of nitrogens with zero attached hydrogens (tertiary/aromatic N) is 4. The summed E-state index contributed by atoms with van der Waals surface area (Å²) >= 11 is 0.890. The molecule has 8 nitrogen and oxygen atoms in total. The van der Waals surface area contributed by atoms with Gasteiger partial charge in [-0.05, 0) is 61.4 Å². The van der Waals surface area contributed by atoms with Gasteiger partial charge in [0.05, 0.1) is 16.1 Å². The molecule has 168 valence electrons. The van der Waals surface area contributed by atoms with Crippen LogP contribution >= 0.6 is 11.8 Å². The second-order valence-corrected chi connectivity index (χ2v) is 9.25. The highest BCUT2D eigenvalue weighted by atomic mass is 32.2. The van der Waals surface area contributed by atoms with Crippen molar-refractivity contribution in [2.75, 3.05) is 18.0 Å². The number of aryl methyl sites for hydroxylation is 1. The maximum Gasteiger partial charge on any atom is 0.290 e. The van der Waals surface area contributed by atoms with Crippen LogP contribution in [0.1, 0.15) is 29.8 Å². The number of hydrogen-bond acceptors (Lipinski definition) is 8. The minimum absolute atomic E-state index is 0.311. The van der Waals surface area contributed by atoms with Crippen LogP contribution in [0.4, 0.5) is 10.7 Å². The Kier molecular flexibility index (Phi) is 6.06. The Morgan fingerprint density at radius 1 is 1.24 bits per heavy atom. The molecule has 33 heavy (non-hydrogen) atoms. The number of para-hydroxylation sites is 1. The molecule has 1 atom stereocenters. The highest BCUT2D eigenvalue weighted by Gasteiger charge is 2.26. The molecule has 5 rings (SSSR count).